The first-order chi connectivity index (χ1) is 15.8. The third kappa shape index (κ3) is 7.44. The van der Waals surface area contributed by atoms with Crippen molar-refractivity contribution in [3.8, 4) is 11.5 Å². The summed E-state index contributed by atoms with van der Waals surface area (Å²) in [6.45, 7) is 4.95. The van der Waals surface area contributed by atoms with E-state index in [0.717, 1.165) is 55.3 Å². The lowest BCUT2D eigenvalue weighted by molar-refractivity contribution is -0.385. The molecule has 1 fully saturated rings. The van der Waals surface area contributed by atoms with Crippen molar-refractivity contribution in [2.75, 3.05) is 40.4 Å². The molecule has 1 aliphatic rings. The summed E-state index contributed by atoms with van der Waals surface area (Å²) in [5, 5.41) is 26.0. The van der Waals surface area contributed by atoms with Crippen LogP contribution in [0.5, 0.6) is 11.5 Å². The molecule has 11 heteroatoms. The van der Waals surface area contributed by atoms with E-state index >= 15 is 0 Å². The number of piperazine rings is 1. The quantitative estimate of drug-likeness (QED) is 0.357. The lowest BCUT2D eigenvalue weighted by Gasteiger charge is -2.34. The molecule has 1 saturated heterocycles. The number of hydrogen-bond donors (Lipinski definition) is 2. The maximum Gasteiger partial charge on any atom is 0.414 e. The minimum atomic E-state index is -1.82. The van der Waals surface area contributed by atoms with Crippen LogP contribution in [0.25, 0.3) is 0 Å². The van der Waals surface area contributed by atoms with Crippen molar-refractivity contribution in [2.45, 2.75) is 13.1 Å². The average molecular weight is 461 g/mol. The molecule has 3 rings (SSSR count). The second-order valence-electron chi connectivity index (χ2n) is 7.20. The van der Waals surface area contributed by atoms with Crippen LogP contribution in [0, 0.1) is 10.1 Å². The maximum atomic E-state index is 11.2. The van der Waals surface area contributed by atoms with Crippen molar-refractivity contribution in [1.29, 1.82) is 0 Å². The van der Waals surface area contributed by atoms with Crippen LogP contribution in [0.1, 0.15) is 11.1 Å². The Morgan fingerprint density at radius 2 is 1.39 bits per heavy atom. The fraction of sp³-hybridized carbons (Fsp3) is 0.364. The summed E-state index contributed by atoms with van der Waals surface area (Å²) in [7, 11) is 3.30. The summed E-state index contributed by atoms with van der Waals surface area (Å²) in [5.74, 6) is -2.13. The van der Waals surface area contributed by atoms with Crippen molar-refractivity contribution >= 4 is 17.6 Å². The highest BCUT2D eigenvalue weighted by Crippen LogP contribution is 2.31. The fourth-order valence-electron chi connectivity index (χ4n) is 3.49. The van der Waals surface area contributed by atoms with E-state index < -0.39 is 11.9 Å². The van der Waals surface area contributed by atoms with Crippen molar-refractivity contribution < 1.29 is 34.2 Å². The topological polar surface area (TPSA) is 143 Å². The van der Waals surface area contributed by atoms with Gasteiger partial charge < -0.3 is 19.7 Å². The Balaban J connectivity index is 0.000000569. The second-order valence-corrected chi connectivity index (χ2v) is 7.20. The summed E-state index contributed by atoms with van der Waals surface area (Å²) in [5.41, 5.74) is 2.07. The molecule has 0 aromatic heterocycles. The Bertz CT molecular complexity index is 962. The Morgan fingerprint density at radius 1 is 0.879 bits per heavy atom. The van der Waals surface area contributed by atoms with E-state index in [0.29, 0.717) is 6.54 Å². The molecule has 0 aliphatic carbocycles. The van der Waals surface area contributed by atoms with Gasteiger partial charge in [-0.25, -0.2) is 9.59 Å². The van der Waals surface area contributed by atoms with Crippen molar-refractivity contribution in [3.05, 3.63) is 63.7 Å². The molecule has 0 saturated carbocycles. The lowest BCUT2D eigenvalue weighted by Crippen LogP contribution is -2.45. The van der Waals surface area contributed by atoms with Gasteiger partial charge in [0.25, 0.3) is 5.69 Å². The number of carbonyl (C=O) groups is 2. The van der Waals surface area contributed by atoms with Crippen LogP contribution < -0.4 is 9.47 Å². The number of rotatable bonds is 7. The van der Waals surface area contributed by atoms with Gasteiger partial charge in [-0.3, -0.25) is 19.9 Å². The normalized spacial score (nSPS) is 14.0. The smallest absolute Gasteiger partial charge is 0.414 e. The molecule has 1 aliphatic heterocycles. The molecule has 0 amide bonds. The maximum absolute atomic E-state index is 11.2. The number of nitrogens with zero attached hydrogens (tertiary/aromatic N) is 3. The second kappa shape index (κ2) is 12.4. The Morgan fingerprint density at radius 3 is 1.88 bits per heavy atom. The molecule has 0 unspecified atom stereocenters. The van der Waals surface area contributed by atoms with Crippen LogP contribution in [0.2, 0.25) is 0 Å². The number of carboxylic acids is 2. The molecule has 2 aromatic rings. The molecule has 1 heterocycles. The van der Waals surface area contributed by atoms with Gasteiger partial charge in [-0.15, -0.1) is 0 Å². The summed E-state index contributed by atoms with van der Waals surface area (Å²) in [6, 6.07) is 12.9. The fourth-order valence-corrected chi connectivity index (χ4v) is 3.49. The molecule has 0 spiro atoms. The van der Waals surface area contributed by atoms with Gasteiger partial charge in [0.15, 0.2) is 11.5 Å². The SMILES string of the molecule is COc1cccc(CN2CCN(Cc3ccccc3[N+](=O)[O-])CC2)c1OC.O=C(O)C(=O)O. The number of nitro groups is 1. The molecule has 2 aromatic carbocycles. The van der Waals surface area contributed by atoms with E-state index in [9.17, 15) is 10.1 Å². The number of hydrogen-bond acceptors (Lipinski definition) is 8. The zero-order valence-electron chi connectivity index (χ0n) is 18.5. The largest absolute Gasteiger partial charge is 0.493 e. The minimum Gasteiger partial charge on any atom is -0.493 e. The van der Waals surface area contributed by atoms with Crippen molar-refractivity contribution in [2.24, 2.45) is 0 Å². The number of benzene rings is 2. The molecule has 2 N–H and O–H groups in total. The number of para-hydroxylation sites is 2. The summed E-state index contributed by atoms with van der Waals surface area (Å²) >= 11 is 0. The lowest BCUT2D eigenvalue weighted by atomic mass is 10.1. The molecule has 0 atom stereocenters. The van der Waals surface area contributed by atoms with E-state index in [1.165, 1.54) is 0 Å². The van der Waals surface area contributed by atoms with Gasteiger partial charge in [-0.2, -0.15) is 0 Å². The van der Waals surface area contributed by atoms with Gasteiger partial charge in [-0.05, 0) is 6.07 Å². The first-order valence-corrected chi connectivity index (χ1v) is 10.1. The van der Waals surface area contributed by atoms with Crippen LogP contribution in [-0.2, 0) is 22.7 Å². The molecular formula is C22H27N3O8. The van der Waals surface area contributed by atoms with Gasteiger partial charge in [0.05, 0.1) is 19.1 Å². The van der Waals surface area contributed by atoms with E-state index in [1.54, 1.807) is 26.4 Å². The number of methoxy groups -OCH3 is 2. The van der Waals surface area contributed by atoms with Crippen LogP contribution >= 0.6 is 0 Å². The Kier molecular flexibility index (Phi) is 9.58. The van der Waals surface area contributed by atoms with Gasteiger partial charge >= 0.3 is 11.9 Å². The van der Waals surface area contributed by atoms with E-state index in [-0.39, 0.29) is 10.6 Å². The van der Waals surface area contributed by atoms with Crippen LogP contribution in [0.3, 0.4) is 0 Å². The average Bonchev–Trinajstić information content (AvgIpc) is 2.80. The molecule has 33 heavy (non-hydrogen) atoms. The summed E-state index contributed by atoms with van der Waals surface area (Å²) in [4.78, 5) is 33.7. The highest BCUT2D eigenvalue weighted by molar-refractivity contribution is 6.27. The zero-order chi connectivity index (χ0) is 24.4. The van der Waals surface area contributed by atoms with Gasteiger partial charge in [0.2, 0.25) is 0 Å². The Labute approximate surface area is 190 Å². The van der Waals surface area contributed by atoms with Gasteiger partial charge in [-0.1, -0.05) is 30.3 Å². The minimum absolute atomic E-state index is 0.195. The molecule has 0 radical (unpaired) electrons. The predicted octanol–water partition coefficient (Wildman–Crippen LogP) is 2.09. The van der Waals surface area contributed by atoms with E-state index in [4.69, 9.17) is 29.3 Å². The van der Waals surface area contributed by atoms with E-state index in [2.05, 4.69) is 15.9 Å². The summed E-state index contributed by atoms with van der Waals surface area (Å²) < 4.78 is 10.9. The third-order valence-corrected chi connectivity index (χ3v) is 5.11. The molecule has 11 nitrogen and oxygen atoms in total. The number of carboxylic acid groups (broad SMARTS) is 2. The molecular weight excluding hydrogens is 434 g/mol. The number of aliphatic carboxylic acids is 2. The molecule has 0 bridgehead atoms. The Hall–Kier alpha value is -3.70. The van der Waals surface area contributed by atoms with E-state index in [1.807, 2.05) is 24.3 Å². The highest BCUT2D eigenvalue weighted by Gasteiger charge is 2.22. The first-order valence-electron chi connectivity index (χ1n) is 10.1. The van der Waals surface area contributed by atoms with Gasteiger partial charge in [0, 0.05) is 56.5 Å². The number of ether oxygens (including phenoxy) is 2. The van der Waals surface area contributed by atoms with Crippen molar-refractivity contribution in [1.82, 2.24) is 9.80 Å². The third-order valence-electron chi connectivity index (χ3n) is 5.11. The molecule has 178 valence electrons. The van der Waals surface area contributed by atoms with Crippen LogP contribution in [0.15, 0.2) is 42.5 Å². The first kappa shape index (κ1) is 25.6. The van der Waals surface area contributed by atoms with Crippen LogP contribution in [0.4, 0.5) is 5.69 Å². The standard InChI is InChI=1S/C20H25N3O4.C2H2O4/c1-26-19-9-5-7-17(20(19)27-2)15-22-12-10-21(11-13-22)14-16-6-3-4-8-18(16)23(24)25;3-1(4)2(5)6/h3-9H,10-15H2,1-2H3;(H,3,4)(H,5,6). The highest BCUT2D eigenvalue weighted by atomic mass is 16.6. The zero-order valence-corrected chi connectivity index (χ0v) is 18.5. The number of nitro benzene ring substituents is 1. The van der Waals surface area contributed by atoms with Crippen LogP contribution in [-0.4, -0.2) is 77.3 Å². The monoisotopic (exact) mass is 461 g/mol. The van der Waals surface area contributed by atoms with Gasteiger partial charge in [0.1, 0.15) is 0 Å². The van der Waals surface area contributed by atoms with Crippen molar-refractivity contribution in [3.63, 3.8) is 0 Å². The predicted molar refractivity (Wildman–Crippen MR) is 118 cm³/mol. The summed E-state index contributed by atoms with van der Waals surface area (Å²) in [6.07, 6.45) is 0.